The highest BCUT2D eigenvalue weighted by Gasteiger charge is 2.55. The van der Waals surface area contributed by atoms with Crippen LogP contribution in [0.25, 0.3) is 0 Å². The molecule has 2 aromatic rings. The third kappa shape index (κ3) is 4.19. The lowest BCUT2D eigenvalue weighted by Crippen LogP contribution is -2.61. The monoisotopic (exact) mass is 438 g/mol. The zero-order valence-electron chi connectivity index (χ0n) is 17.2. The van der Waals surface area contributed by atoms with Gasteiger partial charge in [0.1, 0.15) is 5.82 Å². The van der Waals surface area contributed by atoms with E-state index in [9.17, 15) is 27.2 Å². The largest absolute Gasteiger partial charge is 0.383 e. The maximum absolute atomic E-state index is 14.6. The van der Waals surface area contributed by atoms with Crippen molar-refractivity contribution < 1.29 is 27.2 Å². The number of rotatable bonds is 2. The number of piperidine rings is 1. The zero-order chi connectivity index (χ0) is 23.1. The maximum Gasteiger partial charge on any atom is 0.313 e. The van der Waals surface area contributed by atoms with Gasteiger partial charge >= 0.3 is 11.8 Å². The highest BCUT2D eigenvalue weighted by Crippen LogP contribution is 2.47. The minimum atomic E-state index is -3.19. The first-order valence-electron chi connectivity index (χ1n) is 9.53. The SMILES string of the molecule is Cc1cc(NC(=O)C(=O)N2C[C@@H](C)C(F)(F)C[C@@]2(C)c2ccc(F)c(F)c2)cnc1N. The second-order valence-corrected chi connectivity index (χ2v) is 8.04. The Bertz CT molecular complexity index is 1050. The fraction of sp³-hybridized carbons (Fsp3) is 0.381. The van der Waals surface area contributed by atoms with Gasteiger partial charge in [-0.25, -0.2) is 22.5 Å². The standard InChI is InChI=1S/C21H22F4N4O2/c1-11-6-14(8-27-17(11)26)28-18(30)19(31)29-9-12(2)21(24,25)10-20(29,3)13-4-5-15(22)16(23)7-13/h4-8,12H,9-10H2,1-3H3,(H2,26,27)(H,28,30)/t12-,20+/m1/s1. The Hall–Kier alpha value is -3.17. The second-order valence-electron chi connectivity index (χ2n) is 8.04. The topological polar surface area (TPSA) is 88.3 Å². The molecule has 2 amide bonds. The van der Waals surface area contributed by atoms with Gasteiger partial charge in [-0.3, -0.25) is 9.59 Å². The van der Waals surface area contributed by atoms with Crippen LogP contribution in [-0.4, -0.2) is 34.2 Å². The van der Waals surface area contributed by atoms with Crippen molar-refractivity contribution >= 4 is 23.3 Å². The molecule has 31 heavy (non-hydrogen) atoms. The predicted octanol–water partition coefficient (Wildman–Crippen LogP) is 3.61. The molecule has 0 aliphatic carbocycles. The summed E-state index contributed by atoms with van der Waals surface area (Å²) in [6.07, 6.45) is 0.406. The molecule has 3 N–H and O–H groups in total. The van der Waals surface area contributed by atoms with E-state index in [1.165, 1.54) is 26.1 Å². The number of pyridine rings is 1. The average molecular weight is 438 g/mol. The van der Waals surface area contributed by atoms with Crippen LogP contribution in [0.15, 0.2) is 30.5 Å². The second kappa shape index (κ2) is 7.82. The molecule has 2 atom stereocenters. The van der Waals surface area contributed by atoms with Gasteiger partial charge in [-0.1, -0.05) is 13.0 Å². The molecule has 1 fully saturated rings. The van der Waals surface area contributed by atoms with Gasteiger partial charge in [-0.2, -0.15) is 0 Å². The first kappa shape index (κ1) is 22.5. The number of carbonyl (C=O) groups excluding carboxylic acids is 2. The molecular formula is C21H22F4N4O2. The highest BCUT2D eigenvalue weighted by atomic mass is 19.3. The summed E-state index contributed by atoms with van der Waals surface area (Å²) in [5.74, 6) is -8.72. The molecule has 2 heterocycles. The number of alkyl halides is 2. The number of likely N-dealkylation sites (tertiary alicyclic amines) is 1. The van der Waals surface area contributed by atoms with E-state index in [0.29, 0.717) is 5.56 Å². The van der Waals surface area contributed by atoms with Gasteiger partial charge in [-0.15, -0.1) is 0 Å². The van der Waals surface area contributed by atoms with Gasteiger partial charge in [0, 0.05) is 18.9 Å². The van der Waals surface area contributed by atoms with Crippen molar-refractivity contribution in [2.24, 2.45) is 5.92 Å². The molecule has 0 spiro atoms. The molecule has 6 nitrogen and oxygen atoms in total. The fourth-order valence-corrected chi connectivity index (χ4v) is 3.69. The van der Waals surface area contributed by atoms with E-state index in [1.54, 1.807) is 6.92 Å². The summed E-state index contributed by atoms with van der Waals surface area (Å²) >= 11 is 0. The van der Waals surface area contributed by atoms with Crippen LogP contribution in [0.5, 0.6) is 0 Å². The van der Waals surface area contributed by atoms with Gasteiger partial charge in [-0.05, 0) is 43.2 Å². The van der Waals surface area contributed by atoms with Crippen molar-refractivity contribution in [2.75, 3.05) is 17.6 Å². The first-order chi connectivity index (χ1) is 14.3. The normalized spacial score (nSPS) is 22.8. The van der Waals surface area contributed by atoms with Crippen LogP contribution in [-0.2, 0) is 15.1 Å². The van der Waals surface area contributed by atoms with E-state index in [2.05, 4.69) is 10.3 Å². The van der Waals surface area contributed by atoms with Crippen LogP contribution < -0.4 is 11.1 Å². The number of aromatic nitrogens is 1. The number of amides is 2. The maximum atomic E-state index is 14.6. The summed E-state index contributed by atoms with van der Waals surface area (Å²) in [5.41, 5.74) is 4.63. The lowest BCUT2D eigenvalue weighted by molar-refractivity contribution is -0.172. The number of hydrogen-bond donors (Lipinski definition) is 2. The van der Waals surface area contributed by atoms with Crippen LogP contribution in [0.2, 0.25) is 0 Å². The van der Waals surface area contributed by atoms with Crippen LogP contribution in [0.1, 0.15) is 31.4 Å². The van der Waals surface area contributed by atoms with Crippen molar-refractivity contribution in [1.29, 1.82) is 0 Å². The van der Waals surface area contributed by atoms with Gasteiger partial charge in [0.2, 0.25) is 0 Å². The Balaban J connectivity index is 1.96. The number of carbonyl (C=O) groups is 2. The Morgan fingerprint density at radius 1 is 1.23 bits per heavy atom. The molecule has 3 rings (SSSR count). The molecule has 1 aliphatic heterocycles. The third-order valence-electron chi connectivity index (χ3n) is 5.71. The van der Waals surface area contributed by atoms with Crippen molar-refractivity contribution in [2.45, 2.75) is 38.7 Å². The Morgan fingerprint density at radius 3 is 2.52 bits per heavy atom. The van der Waals surface area contributed by atoms with E-state index < -0.39 is 53.8 Å². The quantitative estimate of drug-likeness (QED) is 0.554. The van der Waals surface area contributed by atoms with E-state index in [4.69, 9.17) is 5.73 Å². The Morgan fingerprint density at radius 2 is 1.90 bits per heavy atom. The van der Waals surface area contributed by atoms with Crippen LogP contribution in [0.3, 0.4) is 0 Å². The van der Waals surface area contributed by atoms with Crippen LogP contribution in [0, 0.1) is 24.5 Å². The number of nitrogens with zero attached hydrogens (tertiary/aromatic N) is 2. The molecule has 1 aliphatic rings. The van der Waals surface area contributed by atoms with Crippen molar-refractivity contribution in [3.05, 3.63) is 53.2 Å². The number of nitrogens with one attached hydrogen (secondary N) is 1. The average Bonchev–Trinajstić information content (AvgIpc) is 2.68. The minimum Gasteiger partial charge on any atom is -0.383 e. The lowest BCUT2D eigenvalue weighted by atomic mass is 9.76. The van der Waals surface area contributed by atoms with E-state index in [-0.39, 0.29) is 17.1 Å². The molecule has 1 saturated heterocycles. The molecule has 1 aromatic heterocycles. The van der Waals surface area contributed by atoms with Crippen molar-refractivity contribution in [3.8, 4) is 0 Å². The minimum absolute atomic E-state index is 0.0379. The van der Waals surface area contributed by atoms with Crippen molar-refractivity contribution in [3.63, 3.8) is 0 Å². The Kier molecular flexibility index (Phi) is 5.68. The van der Waals surface area contributed by atoms with E-state index in [0.717, 1.165) is 23.1 Å². The molecule has 0 saturated carbocycles. The number of nitrogens with two attached hydrogens (primary N) is 1. The molecule has 0 bridgehead atoms. The van der Waals surface area contributed by atoms with Gasteiger partial charge in [0.25, 0.3) is 5.92 Å². The van der Waals surface area contributed by atoms with Gasteiger partial charge in [0.15, 0.2) is 11.6 Å². The van der Waals surface area contributed by atoms with Crippen LogP contribution >= 0.6 is 0 Å². The Labute approximate surface area is 176 Å². The fourth-order valence-electron chi connectivity index (χ4n) is 3.69. The summed E-state index contributed by atoms with van der Waals surface area (Å²) in [4.78, 5) is 30.5. The van der Waals surface area contributed by atoms with Gasteiger partial charge < -0.3 is 16.0 Å². The number of aryl methyl sites for hydroxylation is 1. The highest BCUT2D eigenvalue weighted by molar-refractivity contribution is 6.39. The van der Waals surface area contributed by atoms with Crippen LogP contribution in [0.4, 0.5) is 29.1 Å². The third-order valence-corrected chi connectivity index (χ3v) is 5.71. The summed E-state index contributed by atoms with van der Waals surface area (Å²) in [6.45, 7) is 3.78. The van der Waals surface area contributed by atoms with Gasteiger partial charge in [0.05, 0.1) is 17.4 Å². The van der Waals surface area contributed by atoms with E-state index in [1.807, 2.05) is 0 Å². The number of nitrogen functional groups attached to an aromatic ring is 1. The summed E-state index contributed by atoms with van der Waals surface area (Å²) in [7, 11) is 0. The summed E-state index contributed by atoms with van der Waals surface area (Å²) in [6, 6.07) is 4.22. The van der Waals surface area contributed by atoms with E-state index >= 15 is 0 Å². The first-order valence-corrected chi connectivity index (χ1v) is 9.53. The molecular weight excluding hydrogens is 416 g/mol. The lowest BCUT2D eigenvalue weighted by Gasteiger charge is -2.50. The smallest absolute Gasteiger partial charge is 0.313 e. The predicted molar refractivity (Wildman–Crippen MR) is 106 cm³/mol. The number of benzene rings is 1. The molecule has 1 aromatic carbocycles. The number of anilines is 2. The summed E-state index contributed by atoms with van der Waals surface area (Å²) < 4.78 is 56.5. The number of hydrogen-bond acceptors (Lipinski definition) is 4. The molecule has 166 valence electrons. The number of halogens is 4. The molecule has 10 heteroatoms. The molecule has 0 unspecified atom stereocenters. The molecule has 0 radical (unpaired) electrons. The van der Waals surface area contributed by atoms with Crippen molar-refractivity contribution in [1.82, 2.24) is 9.88 Å². The summed E-state index contributed by atoms with van der Waals surface area (Å²) in [5, 5.41) is 2.38. The zero-order valence-corrected chi connectivity index (χ0v) is 17.2.